The van der Waals surface area contributed by atoms with Crippen molar-refractivity contribution < 1.29 is 5.11 Å². The zero-order valence-corrected chi connectivity index (χ0v) is 10.4. The maximum atomic E-state index is 10.5. The molecule has 1 N–H and O–H groups in total. The summed E-state index contributed by atoms with van der Waals surface area (Å²) in [7, 11) is 0. The first-order valence-corrected chi connectivity index (χ1v) is 6.68. The smallest absolute Gasteiger partial charge is 0.104 e. The Morgan fingerprint density at radius 1 is 0.889 bits per heavy atom. The molecule has 3 rings (SSSR count). The number of benzene rings is 2. The van der Waals surface area contributed by atoms with Gasteiger partial charge in [-0.15, -0.1) is 0 Å². The molecule has 0 spiro atoms. The Hall–Kier alpha value is -1.60. The van der Waals surface area contributed by atoms with Gasteiger partial charge in [0.15, 0.2) is 0 Å². The Kier molecular flexibility index (Phi) is 3.16. The molecule has 1 atom stereocenters. The summed E-state index contributed by atoms with van der Waals surface area (Å²) in [5, 5.41) is 10.5. The van der Waals surface area contributed by atoms with Gasteiger partial charge in [-0.2, -0.15) is 0 Å². The van der Waals surface area contributed by atoms with E-state index in [1.54, 1.807) is 0 Å². The average molecular weight is 238 g/mol. The van der Waals surface area contributed by atoms with Crippen LogP contribution >= 0.6 is 0 Å². The van der Waals surface area contributed by atoms with Gasteiger partial charge >= 0.3 is 0 Å². The van der Waals surface area contributed by atoms with Gasteiger partial charge in [-0.05, 0) is 35.4 Å². The fourth-order valence-corrected chi connectivity index (χ4v) is 2.67. The Bertz CT molecular complexity index is 514. The second kappa shape index (κ2) is 4.95. The van der Waals surface area contributed by atoms with Gasteiger partial charge in [-0.25, -0.2) is 0 Å². The Morgan fingerprint density at radius 2 is 1.56 bits per heavy atom. The monoisotopic (exact) mass is 238 g/mol. The molecule has 1 heteroatoms. The summed E-state index contributed by atoms with van der Waals surface area (Å²) in [6, 6.07) is 18.2. The lowest BCUT2D eigenvalue weighted by atomic mass is 9.77. The van der Waals surface area contributed by atoms with Gasteiger partial charge in [0.25, 0.3) is 0 Å². The fourth-order valence-electron chi connectivity index (χ4n) is 2.67. The molecule has 1 saturated carbocycles. The van der Waals surface area contributed by atoms with Gasteiger partial charge in [0.05, 0.1) is 0 Å². The summed E-state index contributed by atoms with van der Waals surface area (Å²) in [6.45, 7) is 0. The molecular formula is C17H18O. The zero-order valence-electron chi connectivity index (χ0n) is 10.4. The van der Waals surface area contributed by atoms with Crippen molar-refractivity contribution in [2.75, 3.05) is 0 Å². The molecule has 2 aromatic rings. The van der Waals surface area contributed by atoms with E-state index in [0.29, 0.717) is 5.92 Å². The third kappa shape index (κ3) is 2.06. The lowest BCUT2D eigenvalue weighted by Crippen LogP contribution is -2.13. The minimum absolute atomic E-state index is 0.497. The van der Waals surface area contributed by atoms with Crippen molar-refractivity contribution in [3.05, 3.63) is 71.3 Å². The average Bonchev–Trinajstić information content (AvgIpc) is 2.38. The Balaban J connectivity index is 1.96. The highest BCUT2D eigenvalue weighted by atomic mass is 16.3. The number of hydrogen-bond donors (Lipinski definition) is 1. The molecule has 0 heterocycles. The highest BCUT2D eigenvalue weighted by Gasteiger charge is 2.24. The molecule has 0 amide bonds. The molecular weight excluding hydrogens is 220 g/mol. The summed E-state index contributed by atoms with van der Waals surface area (Å²) in [5.74, 6) is 0.652. The van der Waals surface area contributed by atoms with Crippen LogP contribution in [0.5, 0.6) is 0 Å². The van der Waals surface area contributed by atoms with Crippen molar-refractivity contribution in [3.8, 4) is 0 Å². The third-order valence-corrected chi connectivity index (χ3v) is 3.95. The van der Waals surface area contributed by atoms with Crippen molar-refractivity contribution in [3.63, 3.8) is 0 Å². The van der Waals surface area contributed by atoms with Crippen molar-refractivity contribution in [1.29, 1.82) is 0 Å². The highest BCUT2D eigenvalue weighted by Crippen LogP contribution is 2.40. The standard InChI is InChI=1S/C17H18O/c18-17(14-7-2-1-3-8-14)16-12-5-4-11-15(16)13-9-6-10-13/h1-5,7-8,11-13,17-18H,6,9-10H2. The van der Waals surface area contributed by atoms with Gasteiger partial charge in [-0.1, -0.05) is 61.0 Å². The minimum atomic E-state index is -0.497. The summed E-state index contributed by atoms with van der Waals surface area (Å²) in [6.07, 6.45) is 3.35. The van der Waals surface area contributed by atoms with Crippen molar-refractivity contribution >= 4 is 0 Å². The maximum absolute atomic E-state index is 10.5. The minimum Gasteiger partial charge on any atom is -0.384 e. The largest absolute Gasteiger partial charge is 0.384 e. The number of aliphatic hydroxyl groups is 1. The molecule has 1 nitrogen and oxygen atoms in total. The van der Waals surface area contributed by atoms with Gasteiger partial charge in [-0.3, -0.25) is 0 Å². The summed E-state index contributed by atoms with van der Waals surface area (Å²) < 4.78 is 0. The summed E-state index contributed by atoms with van der Waals surface area (Å²) in [4.78, 5) is 0. The van der Waals surface area contributed by atoms with E-state index in [1.165, 1.54) is 24.8 Å². The van der Waals surface area contributed by atoms with Crippen LogP contribution in [0.25, 0.3) is 0 Å². The molecule has 1 unspecified atom stereocenters. The zero-order chi connectivity index (χ0) is 12.4. The Morgan fingerprint density at radius 3 is 2.22 bits per heavy atom. The molecule has 0 aliphatic heterocycles. The lowest BCUT2D eigenvalue weighted by molar-refractivity contribution is 0.217. The molecule has 0 radical (unpaired) electrons. The SMILES string of the molecule is OC(c1ccccc1)c1ccccc1C1CCC1. The van der Waals surface area contributed by atoms with E-state index < -0.39 is 6.10 Å². The van der Waals surface area contributed by atoms with Crippen LogP contribution in [0.4, 0.5) is 0 Å². The molecule has 92 valence electrons. The predicted molar refractivity (Wildman–Crippen MR) is 73.5 cm³/mol. The van der Waals surface area contributed by atoms with Gasteiger partial charge in [0, 0.05) is 0 Å². The number of hydrogen-bond acceptors (Lipinski definition) is 1. The second-order valence-corrected chi connectivity index (χ2v) is 5.07. The van der Waals surface area contributed by atoms with Crippen LogP contribution in [-0.2, 0) is 0 Å². The normalized spacial score (nSPS) is 17.2. The van der Waals surface area contributed by atoms with Crippen molar-refractivity contribution in [1.82, 2.24) is 0 Å². The quantitative estimate of drug-likeness (QED) is 0.855. The summed E-state index contributed by atoms with van der Waals surface area (Å²) in [5.41, 5.74) is 3.39. The van der Waals surface area contributed by atoms with Gasteiger partial charge in [0.1, 0.15) is 6.10 Å². The van der Waals surface area contributed by atoms with Gasteiger partial charge in [0.2, 0.25) is 0 Å². The van der Waals surface area contributed by atoms with Crippen molar-refractivity contribution in [2.24, 2.45) is 0 Å². The topological polar surface area (TPSA) is 20.2 Å². The first-order valence-electron chi connectivity index (χ1n) is 6.68. The van der Waals surface area contributed by atoms with E-state index in [-0.39, 0.29) is 0 Å². The molecule has 1 aliphatic carbocycles. The van der Waals surface area contributed by atoms with E-state index in [9.17, 15) is 5.11 Å². The molecule has 2 aromatic carbocycles. The second-order valence-electron chi connectivity index (χ2n) is 5.07. The molecule has 0 bridgehead atoms. The maximum Gasteiger partial charge on any atom is 0.104 e. The van der Waals surface area contributed by atoms with E-state index in [1.807, 2.05) is 36.4 Å². The van der Waals surface area contributed by atoms with E-state index >= 15 is 0 Å². The molecule has 0 saturated heterocycles. The highest BCUT2D eigenvalue weighted by molar-refractivity contribution is 5.38. The fraction of sp³-hybridized carbons (Fsp3) is 0.294. The first kappa shape index (κ1) is 11.5. The lowest BCUT2D eigenvalue weighted by Gasteiger charge is -2.29. The molecule has 1 fully saturated rings. The summed E-state index contributed by atoms with van der Waals surface area (Å²) >= 11 is 0. The van der Waals surface area contributed by atoms with Crippen LogP contribution < -0.4 is 0 Å². The van der Waals surface area contributed by atoms with E-state index in [2.05, 4.69) is 18.2 Å². The van der Waals surface area contributed by atoms with Crippen LogP contribution in [0.3, 0.4) is 0 Å². The van der Waals surface area contributed by atoms with Gasteiger partial charge < -0.3 is 5.11 Å². The Labute approximate surface area is 108 Å². The van der Waals surface area contributed by atoms with Crippen molar-refractivity contribution in [2.45, 2.75) is 31.3 Å². The van der Waals surface area contributed by atoms with E-state index in [0.717, 1.165) is 11.1 Å². The number of aliphatic hydroxyl groups excluding tert-OH is 1. The van der Waals surface area contributed by atoms with Crippen LogP contribution in [0.1, 0.15) is 48.0 Å². The molecule has 18 heavy (non-hydrogen) atoms. The number of rotatable bonds is 3. The predicted octanol–water partition coefficient (Wildman–Crippen LogP) is 4.04. The molecule has 0 aromatic heterocycles. The van der Waals surface area contributed by atoms with Crippen LogP contribution in [-0.4, -0.2) is 5.11 Å². The third-order valence-electron chi connectivity index (χ3n) is 3.95. The van der Waals surface area contributed by atoms with Crippen LogP contribution in [0.15, 0.2) is 54.6 Å². The molecule has 1 aliphatic rings. The van der Waals surface area contributed by atoms with E-state index in [4.69, 9.17) is 0 Å². The van der Waals surface area contributed by atoms with Crippen LogP contribution in [0.2, 0.25) is 0 Å². The van der Waals surface area contributed by atoms with Crippen LogP contribution in [0, 0.1) is 0 Å². The first-order chi connectivity index (χ1) is 8.86.